The summed E-state index contributed by atoms with van der Waals surface area (Å²) in [5.41, 5.74) is 0. The summed E-state index contributed by atoms with van der Waals surface area (Å²) in [6.45, 7) is 4.43. The number of halogens is 1. The maximum atomic E-state index is 5.70. The number of hydrogen-bond acceptors (Lipinski definition) is 0. The van der Waals surface area contributed by atoms with Crippen LogP contribution in [0.2, 0.25) is 0 Å². The molecule has 1 rings (SSSR count). The van der Waals surface area contributed by atoms with Gasteiger partial charge in [0.15, 0.2) is 0 Å². The molecule has 0 heterocycles. The Bertz CT molecular complexity index is 92.4. The van der Waals surface area contributed by atoms with E-state index < -0.39 is 0 Å². The maximum absolute atomic E-state index is 5.70. The van der Waals surface area contributed by atoms with Gasteiger partial charge in [-0.05, 0) is 12.3 Å². The van der Waals surface area contributed by atoms with E-state index in [1.165, 1.54) is 64.2 Å². The van der Waals surface area contributed by atoms with E-state index in [1.54, 1.807) is 0 Å². The Balaban J connectivity index is 0.000000280. The molecule has 0 nitrogen and oxygen atoms in total. The van der Waals surface area contributed by atoms with Crippen LogP contribution in [0.25, 0.3) is 0 Å². The summed E-state index contributed by atoms with van der Waals surface area (Å²) < 4.78 is 0. The third-order valence-electron chi connectivity index (χ3n) is 3.26. The van der Waals surface area contributed by atoms with Crippen LogP contribution in [-0.2, 0) is 0 Å². The lowest BCUT2D eigenvalue weighted by molar-refractivity contribution is 0.497. The van der Waals surface area contributed by atoms with Crippen LogP contribution in [0.4, 0.5) is 0 Å². The molecule has 0 aliphatic heterocycles. The molecule has 0 radical (unpaired) electrons. The lowest BCUT2D eigenvalue weighted by Gasteiger charge is -2.08. The average Bonchev–Trinajstić information content (AvgIpc) is 2.34. The summed E-state index contributed by atoms with van der Waals surface area (Å²) in [6.07, 6.45) is 14.2. The molecule has 15 heavy (non-hydrogen) atoms. The van der Waals surface area contributed by atoms with E-state index in [4.69, 9.17) is 11.6 Å². The summed E-state index contributed by atoms with van der Waals surface area (Å²) >= 11 is 5.70. The van der Waals surface area contributed by atoms with E-state index >= 15 is 0 Å². The summed E-state index contributed by atoms with van der Waals surface area (Å²) in [4.78, 5) is 0. The minimum absolute atomic E-state index is 0.770. The highest BCUT2D eigenvalue weighted by Crippen LogP contribution is 2.15. The Morgan fingerprint density at radius 2 is 1.40 bits per heavy atom. The Morgan fingerprint density at radius 1 is 0.933 bits per heavy atom. The molecule has 0 aromatic heterocycles. The van der Waals surface area contributed by atoms with Crippen LogP contribution in [0.5, 0.6) is 0 Å². The highest BCUT2D eigenvalue weighted by molar-refractivity contribution is 6.18. The SMILES string of the molecule is C1CCCCC1.CCCCC(CC)CCl. The number of alkyl halides is 1. The van der Waals surface area contributed by atoms with Crippen molar-refractivity contribution in [1.29, 1.82) is 0 Å². The highest BCUT2D eigenvalue weighted by atomic mass is 35.5. The molecule has 1 atom stereocenters. The minimum atomic E-state index is 0.770. The summed E-state index contributed by atoms with van der Waals surface area (Å²) in [5, 5.41) is 0. The van der Waals surface area contributed by atoms with Crippen molar-refractivity contribution < 1.29 is 0 Å². The van der Waals surface area contributed by atoms with Crippen LogP contribution in [0.1, 0.15) is 78.1 Å². The first-order chi connectivity index (χ1) is 7.35. The first-order valence-electron chi connectivity index (χ1n) is 6.91. The molecule has 0 amide bonds. The number of hydrogen-bond donors (Lipinski definition) is 0. The molecule has 0 bridgehead atoms. The van der Waals surface area contributed by atoms with Crippen molar-refractivity contribution in [3.05, 3.63) is 0 Å². The molecule has 92 valence electrons. The second-order valence-electron chi connectivity index (χ2n) is 4.69. The van der Waals surface area contributed by atoms with Gasteiger partial charge >= 0.3 is 0 Å². The first kappa shape index (κ1) is 15.3. The van der Waals surface area contributed by atoms with Gasteiger partial charge in [-0.15, -0.1) is 11.6 Å². The second kappa shape index (κ2) is 12.4. The van der Waals surface area contributed by atoms with Crippen molar-refractivity contribution in [2.24, 2.45) is 5.92 Å². The molecule has 1 fully saturated rings. The van der Waals surface area contributed by atoms with Crippen molar-refractivity contribution in [2.75, 3.05) is 5.88 Å². The smallest absolute Gasteiger partial charge is 0.0251 e. The maximum Gasteiger partial charge on any atom is 0.0251 e. The quantitative estimate of drug-likeness (QED) is 0.527. The van der Waals surface area contributed by atoms with Gasteiger partial charge in [-0.1, -0.05) is 71.6 Å². The predicted molar refractivity (Wildman–Crippen MR) is 71.7 cm³/mol. The van der Waals surface area contributed by atoms with E-state index in [-0.39, 0.29) is 0 Å². The van der Waals surface area contributed by atoms with Crippen LogP contribution in [0, 0.1) is 5.92 Å². The molecule has 0 aromatic rings. The van der Waals surface area contributed by atoms with E-state index in [9.17, 15) is 0 Å². The summed E-state index contributed by atoms with van der Waals surface area (Å²) in [7, 11) is 0. The van der Waals surface area contributed by atoms with E-state index in [1.807, 2.05) is 0 Å². The topological polar surface area (TPSA) is 0 Å². The fraction of sp³-hybridized carbons (Fsp3) is 1.00. The van der Waals surface area contributed by atoms with E-state index in [0.717, 1.165) is 11.8 Å². The number of unbranched alkanes of at least 4 members (excludes halogenated alkanes) is 1. The number of rotatable bonds is 5. The largest absolute Gasteiger partial charge is 0.126 e. The monoisotopic (exact) mass is 232 g/mol. The van der Waals surface area contributed by atoms with Crippen molar-refractivity contribution in [2.45, 2.75) is 78.1 Å². The van der Waals surface area contributed by atoms with Gasteiger partial charge in [0.25, 0.3) is 0 Å². The molecule has 1 unspecified atom stereocenters. The van der Waals surface area contributed by atoms with Gasteiger partial charge < -0.3 is 0 Å². The van der Waals surface area contributed by atoms with Crippen LogP contribution in [-0.4, -0.2) is 5.88 Å². The Hall–Kier alpha value is 0.290. The molecule has 0 N–H and O–H groups in total. The third kappa shape index (κ3) is 10.6. The van der Waals surface area contributed by atoms with Crippen LogP contribution < -0.4 is 0 Å². The Kier molecular flexibility index (Phi) is 12.6. The lowest BCUT2D eigenvalue weighted by Crippen LogP contribution is -1.99. The molecular formula is C14H29Cl. The fourth-order valence-corrected chi connectivity index (χ4v) is 2.32. The van der Waals surface area contributed by atoms with Crippen molar-refractivity contribution in [3.63, 3.8) is 0 Å². The van der Waals surface area contributed by atoms with Crippen molar-refractivity contribution >= 4 is 11.6 Å². The second-order valence-corrected chi connectivity index (χ2v) is 5.00. The Morgan fingerprint density at radius 3 is 1.67 bits per heavy atom. The fourth-order valence-electron chi connectivity index (χ4n) is 1.94. The predicted octanol–water partition coefficient (Wildman–Crippen LogP) is 5.78. The van der Waals surface area contributed by atoms with Gasteiger partial charge in [0.1, 0.15) is 0 Å². The molecule has 1 aliphatic carbocycles. The first-order valence-corrected chi connectivity index (χ1v) is 7.44. The van der Waals surface area contributed by atoms with E-state index in [0.29, 0.717) is 0 Å². The lowest BCUT2D eigenvalue weighted by atomic mass is 10.0. The van der Waals surface area contributed by atoms with Gasteiger partial charge in [0, 0.05) is 5.88 Å². The zero-order valence-electron chi connectivity index (χ0n) is 10.7. The average molecular weight is 233 g/mol. The van der Waals surface area contributed by atoms with Crippen LogP contribution in [0.15, 0.2) is 0 Å². The van der Waals surface area contributed by atoms with Gasteiger partial charge in [-0.2, -0.15) is 0 Å². The van der Waals surface area contributed by atoms with Gasteiger partial charge in [-0.3, -0.25) is 0 Å². The van der Waals surface area contributed by atoms with Crippen molar-refractivity contribution in [3.8, 4) is 0 Å². The summed E-state index contributed by atoms with van der Waals surface area (Å²) in [6, 6.07) is 0. The zero-order chi connectivity index (χ0) is 11.4. The van der Waals surface area contributed by atoms with Crippen LogP contribution >= 0.6 is 11.6 Å². The standard InChI is InChI=1S/C8H17Cl.C6H12/c1-3-5-6-8(4-2)7-9;1-2-4-6-5-3-1/h8H,3-7H2,1-2H3;1-6H2. The molecule has 0 spiro atoms. The molecule has 1 heteroatoms. The zero-order valence-corrected chi connectivity index (χ0v) is 11.5. The molecule has 1 aliphatic rings. The third-order valence-corrected chi connectivity index (χ3v) is 3.70. The van der Waals surface area contributed by atoms with Crippen molar-refractivity contribution in [1.82, 2.24) is 0 Å². The van der Waals surface area contributed by atoms with Gasteiger partial charge in [0.05, 0.1) is 0 Å². The van der Waals surface area contributed by atoms with Gasteiger partial charge in [-0.25, -0.2) is 0 Å². The van der Waals surface area contributed by atoms with Crippen LogP contribution in [0.3, 0.4) is 0 Å². The molecule has 1 saturated carbocycles. The molecule has 0 aromatic carbocycles. The molecular weight excluding hydrogens is 204 g/mol. The molecule has 0 saturated heterocycles. The summed E-state index contributed by atoms with van der Waals surface area (Å²) in [5.74, 6) is 1.61. The highest BCUT2D eigenvalue weighted by Gasteiger charge is 2.01. The Labute approximate surface area is 102 Å². The van der Waals surface area contributed by atoms with Gasteiger partial charge in [0.2, 0.25) is 0 Å². The normalized spacial score (nSPS) is 17.8. The van der Waals surface area contributed by atoms with E-state index in [2.05, 4.69) is 13.8 Å². The minimum Gasteiger partial charge on any atom is -0.126 e.